The monoisotopic (exact) mass is 199 g/mol. The molecule has 3 nitrogen and oxygen atoms in total. The maximum atomic E-state index is 4.13. The van der Waals surface area contributed by atoms with Crippen LogP contribution in [0.5, 0.6) is 0 Å². The van der Waals surface area contributed by atoms with E-state index in [0.717, 1.165) is 13.1 Å². The Labute approximate surface area is 83.9 Å². The molecule has 1 aromatic heterocycles. The van der Waals surface area contributed by atoms with Crippen LogP contribution in [0.3, 0.4) is 0 Å². The molecule has 0 aliphatic rings. The molecule has 0 radical (unpaired) electrons. The minimum atomic E-state index is 0.588. The summed E-state index contributed by atoms with van der Waals surface area (Å²) >= 11 is 1.87. The minimum absolute atomic E-state index is 0.588. The second-order valence-corrected chi connectivity index (χ2v) is 3.99. The van der Waals surface area contributed by atoms with Gasteiger partial charge in [0, 0.05) is 30.7 Å². The SMILES string of the molecule is CSCC(C)NCCn1cccn1. The van der Waals surface area contributed by atoms with Gasteiger partial charge in [0.2, 0.25) is 0 Å². The Morgan fingerprint density at radius 1 is 1.62 bits per heavy atom. The molecule has 0 aliphatic heterocycles. The van der Waals surface area contributed by atoms with Crippen molar-refractivity contribution in [3.63, 3.8) is 0 Å². The third-order valence-electron chi connectivity index (χ3n) is 1.81. The average molecular weight is 199 g/mol. The van der Waals surface area contributed by atoms with E-state index in [4.69, 9.17) is 0 Å². The van der Waals surface area contributed by atoms with E-state index >= 15 is 0 Å². The van der Waals surface area contributed by atoms with Crippen LogP contribution in [0.15, 0.2) is 18.5 Å². The lowest BCUT2D eigenvalue weighted by Gasteiger charge is -2.11. The third-order valence-corrected chi connectivity index (χ3v) is 2.64. The Kier molecular flexibility index (Phi) is 4.93. The largest absolute Gasteiger partial charge is 0.312 e. The van der Waals surface area contributed by atoms with Gasteiger partial charge in [0.15, 0.2) is 0 Å². The Balaban J connectivity index is 2.07. The molecule has 1 N–H and O–H groups in total. The quantitative estimate of drug-likeness (QED) is 0.747. The molecule has 0 bridgehead atoms. The normalized spacial score (nSPS) is 13.1. The van der Waals surface area contributed by atoms with E-state index in [2.05, 4.69) is 23.6 Å². The fourth-order valence-electron chi connectivity index (χ4n) is 1.17. The fourth-order valence-corrected chi connectivity index (χ4v) is 1.78. The van der Waals surface area contributed by atoms with E-state index in [0.29, 0.717) is 6.04 Å². The van der Waals surface area contributed by atoms with Crippen molar-refractivity contribution in [3.05, 3.63) is 18.5 Å². The third kappa shape index (κ3) is 4.33. The van der Waals surface area contributed by atoms with Crippen molar-refractivity contribution in [1.29, 1.82) is 0 Å². The van der Waals surface area contributed by atoms with Gasteiger partial charge < -0.3 is 5.32 Å². The molecule has 1 rings (SSSR count). The Morgan fingerprint density at radius 2 is 2.46 bits per heavy atom. The lowest BCUT2D eigenvalue weighted by Crippen LogP contribution is -2.31. The predicted molar refractivity (Wildman–Crippen MR) is 58.1 cm³/mol. The maximum Gasteiger partial charge on any atom is 0.0534 e. The summed E-state index contributed by atoms with van der Waals surface area (Å²) in [6.07, 6.45) is 5.93. The maximum absolute atomic E-state index is 4.13. The minimum Gasteiger partial charge on any atom is -0.312 e. The first-order valence-corrected chi connectivity index (χ1v) is 5.92. The number of nitrogens with zero attached hydrogens (tertiary/aromatic N) is 2. The predicted octanol–water partition coefficient (Wildman–Crippen LogP) is 1.22. The lowest BCUT2D eigenvalue weighted by molar-refractivity contribution is 0.519. The van der Waals surface area contributed by atoms with Crippen LogP contribution in [-0.2, 0) is 6.54 Å². The number of thioether (sulfide) groups is 1. The molecule has 4 heteroatoms. The first kappa shape index (κ1) is 10.6. The second-order valence-electron chi connectivity index (χ2n) is 3.08. The average Bonchev–Trinajstić information content (AvgIpc) is 2.57. The zero-order valence-electron chi connectivity index (χ0n) is 8.23. The molecule has 0 spiro atoms. The lowest BCUT2D eigenvalue weighted by atomic mass is 10.4. The number of hydrogen-bond acceptors (Lipinski definition) is 3. The van der Waals surface area contributed by atoms with Gasteiger partial charge in [0.05, 0.1) is 6.54 Å². The van der Waals surface area contributed by atoms with Crippen molar-refractivity contribution < 1.29 is 0 Å². The van der Waals surface area contributed by atoms with E-state index in [1.807, 2.05) is 34.9 Å². The van der Waals surface area contributed by atoms with Gasteiger partial charge in [-0.25, -0.2) is 0 Å². The van der Waals surface area contributed by atoms with Crippen LogP contribution in [0.1, 0.15) is 6.92 Å². The fraction of sp³-hybridized carbons (Fsp3) is 0.667. The molecule has 1 unspecified atom stereocenters. The molecule has 74 valence electrons. The van der Waals surface area contributed by atoms with Crippen LogP contribution < -0.4 is 5.32 Å². The molecule has 0 aromatic carbocycles. The van der Waals surface area contributed by atoms with Gasteiger partial charge in [0.1, 0.15) is 0 Å². The topological polar surface area (TPSA) is 29.9 Å². The Morgan fingerprint density at radius 3 is 3.08 bits per heavy atom. The van der Waals surface area contributed by atoms with Crippen LogP contribution in [0.2, 0.25) is 0 Å². The summed E-state index contributed by atoms with van der Waals surface area (Å²) < 4.78 is 1.94. The van der Waals surface area contributed by atoms with Crippen LogP contribution >= 0.6 is 11.8 Å². The molecule has 1 atom stereocenters. The number of hydrogen-bond donors (Lipinski definition) is 1. The van der Waals surface area contributed by atoms with E-state index in [1.165, 1.54) is 5.75 Å². The molecule has 0 saturated carbocycles. The van der Waals surface area contributed by atoms with Crippen molar-refractivity contribution in [2.24, 2.45) is 0 Å². The van der Waals surface area contributed by atoms with Crippen LogP contribution in [0.25, 0.3) is 0 Å². The van der Waals surface area contributed by atoms with E-state index in [-0.39, 0.29) is 0 Å². The summed E-state index contributed by atoms with van der Waals surface area (Å²) in [6, 6.07) is 2.54. The zero-order chi connectivity index (χ0) is 9.52. The van der Waals surface area contributed by atoms with Gasteiger partial charge in [-0.1, -0.05) is 0 Å². The zero-order valence-corrected chi connectivity index (χ0v) is 9.05. The van der Waals surface area contributed by atoms with E-state index in [1.54, 1.807) is 0 Å². The number of aromatic nitrogens is 2. The summed E-state index contributed by atoms with van der Waals surface area (Å²) in [6.45, 7) is 4.15. The van der Waals surface area contributed by atoms with Crippen molar-refractivity contribution >= 4 is 11.8 Å². The van der Waals surface area contributed by atoms with Crippen LogP contribution in [-0.4, -0.2) is 34.4 Å². The van der Waals surface area contributed by atoms with Crippen molar-refractivity contribution in [2.45, 2.75) is 19.5 Å². The summed E-state index contributed by atoms with van der Waals surface area (Å²) in [5, 5.41) is 7.57. The van der Waals surface area contributed by atoms with Crippen LogP contribution in [0, 0.1) is 0 Å². The standard InChI is InChI=1S/C9H17N3S/c1-9(8-13-2)10-5-7-12-6-3-4-11-12/h3-4,6,9-10H,5,7-8H2,1-2H3. The van der Waals surface area contributed by atoms with Crippen LogP contribution in [0.4, 0.5) is 0 Å². The van der Waals surface area contributed by atoms with E-state index in [9.17, 15) is 0 Å². The van der Waals surface area contributed by atoms with Gasteiger partial charge in [0.25, 0.3) is 0 Å². The van der Waals surface area contributed by atoms with Crippen molar-refractivity contribution in [1.82, 2.24) is 15.1 Å². The smallest absolute Gasteiger partial charge is 0.0534 e. The summed E-state index contributed by atoms with van der Waals surface area (Å²) in [5.41, 5.74) is 0. The highest BCUT2D eigenvalue weighted by atomic mass is 32.2. The summed E-state index contributed by atoms with van der Waals surface area (Å²) in [7, 11) is 0. The molecule has 1 heterocycles. The summed E-state index contributed by atoms with van der Waals surface area (Å²) in [5.74, 6) is 1.17. The highest BCUT2D eigenvalue weighted by Crippen LogP contribution is 1.95. The van der Waals surface area contributed by atoms with Gasteiger partial charge in [-0.2, -0.15) is 16.9 Å². The highest BCUT2D eigenvalue weighted by molar-refractivity contribution is 7.98. The van der Waals surface area contributed by atoms with Crippen molar-refractivity contribution in [3.8, 4) is 0 Å². The van der Waals surface area contributed by atoms with Gasteiger partial charge in [-0.15, -0.1) is 0 Å². The van der Waals surface area contributed by atoms with E-state index < -0.39 is 0 Å². The molecule has 0 amide bonds. The van der Waals surface area contributed by atoms with Gasteiger partial charge in [-0.05, 0) is 19.2 Å². The Hall–Kier alpha value is -0.480. The number of nitrogens with one attached hydrogen (secondary N) is 1. The molecule has 0 fully saturated rings. The van der Waals surface area contributed by atoms with Gasteiger partial charge >= 0.3 is 0 Å². The Bertz CT molecular complexity index is 211. The highest BCUT2D eigenvalue weighted by Gasteiger charge is 1.98. The first-order valence-electron chi connectivity index (χ1n) is 4.52. The molecular formula is C9H17N3S. The second kappa shape index (κ2) is 6.05. The van der Waals surface area contributed by atoms with Gasteiger partial charge in [-0.3, -0.25) is 4.68 Å². The molecular weight excluding hydrogens is 182 g/mol. The molecule has 13 heavy (non-hydrogen) atoms. The molecule has 0 saturated heterocycles. The first-order chi connectivity index (χ1) is 6.33. The van der Waals surface area contributed by atoms with Crippen molar-refractivity contribution in [2.75, 3.05) is 18.6 Å². The summed E-state index contributed by atoms with van der Waals surface area (Å²) in [4.78, 5) is 0. The molecule has 1 aromatic rings. The number of rotatable bonds is 6. The molecule has 0 aliphatic carbocycles.